The molecule has 0 N–H and O–H groups in total. The number of amides is 1. The summed E-state index contributed by atoms with van der Waals surface area (Å²) in [5.41, 5.74) is 7.71. The van der Waals surface area contributed by atoms with E-state index in [2.05, 4.69) is 12.1 Å². The second-order valence-electron chi connectivity index (χ2n) is 7.94. The molecule has 1 aliphatic rings. The quantitative estimate of drug-likeness (QED) is 0.642. The summed E-state index contributed by atoms with van der Waals surface area (Å²) in [6.07, 6.45) is 3.40. The van der Waals surface area contributed by atoms with Gasteiger partial charge in [-0.2, -0.15) is 0 Å². The Morgan fingerprint density at radius 1 is 0.900 bits per heavy atom. The van der Waals surface area contributed by atoms with Gasteiger partial charge in [0.15, 0.2) is 5.78 Å². The molecule has 1 heterocycles. The van der Waals surface area contributed by atoms with E-state index in [-0.39, 0.29) is 18.9 Å². The molecule has 0 unspecified atom stereocenters. The zero-order valence-electron chi connectivity index (χ0n) is 18.4. The van der Waals surface area contributed by atoms with Crippen LogP contribution in [0.1, 0.15) is 40.3 Å². The number of aryl methyl sites for hydroxylation is 4. The van der Waals surface area contributed by atoms with E-state index in [9.17, 15) is 9.59 Å². The fraction of sp³-hybridized carbons (Fsp3) is 0.308. The van der Waals surface area contributed by atoms with Crippen LogP contribution < -0.4 is 0 Å². The highest BCUT2D eigenvalue weighted by Crippen LogP contribution is 2.25. The monoisotopic (exact) mass is 403 g/mol. The van der Waals surface area contributed by atoms with Gasteiger partial charge in [0.1, 0.15) is 0 Å². The number of rotatable bonds is 3. The van der Waals surface area contributed by atoms with Crippen LogP contribution in [-0.4, -0.2) is 36.5 Å². The molecule has 30 heavy (non-hydrogen) atoms. The molecule has 2 aromatic carbocycles. The third kappa shape index (κ3) is 4.88. The maximum Gasteiger partial charge on any atom is 0.410 e. The van der Waals surface area contributed by atoms with Crippen molar-refractivity contribution in [3.63, 3.8) is 0 Å². The smallest absolute Gasteiger partial charge is 0.410 e. The van der Waals surface area contributed by atoms with Crippen LogP contribution in [0.15, 0.2) is 47.5 Å². The molecule has 0 bridgehead atoms. The number of likely N-dealkylation sites (tertiary alicyclic amines) is 1. The minimum absolute atomic E-state index is 0.0181. The fourth-order valence-electron chi connectivity index (χ4n) is 3.73. The van der Waals surface area contributed by atoms with Crippen molar-refractivity contribution in [3.8, 4) is 0 Å². The zero-order valence-corrected chi connectivity index (χ0v) is 18.4. The number of carbonyl (C=O) groups excluding carboxylic acids is 2. The lowest BCUT2D eigenvalue weighted by molar-refractivity contribution is -0.113. The lowest BCUT2D eigenvalue weighted by Crippen LogP contribution is -2.41. The van der Waals surface area contributed by atoms with Crippen molar-refractivity contribution in [1.82, 2.24) is 4.90 Å². The lowest BCUT2D eigenvalue weighted by atomic mass is 9.92. The molecule has 1 saturated heterocycles. The van der Waals surface area contributed by atoms with Crippen molar-refractivity contribution >= 4 is 24.0 Å². The predicted octanol–water partition coefficient (Wildman–Crippen LogP) is 5.43. The molecule has 2 aromatic rings. The Morgan fingerprint density at radius 2 is 1.37 bits per heavy atom. The van der Waals surface area contributed by atoms with Gasteiger partial charge in [-0.15, -0.1) is 0 Å². The van der Waals surface area contributed by atoms with Crippen molar-refractivity contribution in [1.29, 1.82) is 0 Å². The number of hydrogen-bond acceptors (Lipinski definition) is 3. The SMILES string of the molecule is CCOC(=O)N1C/C(=C\c2ccc(C)cc2C)C(=O)/C(=C/c2ccc(C)cc2C)C1. The Balaban J connectivity index is 2.03. The van der Waals surface area contributed by atoms with E-state index in [0.29, 0.717) is 17.8 Å². The Bertz CT molecular complexity index is 973. The van der Waals surface area contributed by atoms with E-state index in [1.165, 1.54) is 11.1 Å². The summed E-state index contributed by atoms with van der Waals surface area (Å²) in [6.45, 7) is 10.7. The summed E-state index contributed by atoms with van der Waals surface area (Å²) in [6, 6.07) is 12.3. The molecule has 0 radical (unpaired) electrons. The molecule has 0 aromatic heterocycles. The second-order valence-corrected chi connectivity index (χ2v) is 7.94. The lowest BCUT2D eigenvalue weighted by Gasteiger charge is -2.29. The molecule has 4 nitrogen and oxygen atoms in total. The molecule has 4 heteroatoms. The van der Waals surface area contributed by atoms with Crippen molar-refractivity contribution in [2.24, 2.45) is 0 Å². The van der Waals surface area contributed by atoms with Crippen LogP contribution in [0, 0.1) is 27.7 Å². The number of carbonyl (C=O) groups is 2. The number of piperidine rings is 1. The second kappa shape index (κ2) is 9.12. The molecular weight excluding hydrogens is 374 g/mol. The van der Waals surface area contributed by atoms with Crippen molar-refractivity contribution in [2.75, 3.05) is 19.7 Å². The van der Waals surface area contributed by atoms with E-state index < -0.39 is 6.09 Å². The summed E-state index contributed by atoms with van der Waals surface area (Å²) in [5, 5.41) is 0. The summed E-state index contributed by atoms with van der Waals surface area (Å²) in [4.78, 5) is 27.4. The van der Waals surface area contributed by atoms with Gasteiger partial charge < -0.3 is 4.74 Å². The number of nitrogens with zero attached hydrogens (tertiary/aromatic N) is 1. The van der Waals surface area contributed by atoms with Crippen molar-refractivity contribution in [3.05, 3.63) is 80.9 Å². The largest absolute Gasteiger partial charge is 0.450 e. The zero-order chi connectivity index (χ0) is 21.8. The van der Waals surface area contributed by atoms with Gasteiger partial charge in [0.2, 0.25) is 0 Å². The molecule has 1 amide bonds. The Hall–Kier alpha value is -3.14. The van der Waals surface area contributed by atoms with E-state index in [0.717, 1.165) is 22.3 Å². The Kier molecular flexibility index (Phi) is 6.56. The van der Waals surface area contributed by atoms with E-state index in [4.69, 9.17) is 4.74 Å². The molecule has 1 aliphatic heterocycles. The maximum atomic E-state index is 13.3. The van der Waals surface area contributed by atoms with Gasteiger partial charge in [-0.05, 0) is 69.0 Å². The molecule has 0 aliphatic carbocycles. The number of ether oxygens (including phenoxy) is 1. The first-order chi connectivity index (χ1) is 14.3. The van der Waals surface area contributed by atoms with Gasteiger partial charge in [-0.25, -0.2) is 4.79 Å². The van der Waals surface area contributed by atoms with Crippen LogP contribution in [0.25, 0.3) is 12.2 Å². The Labute approximate surface area is 178 Å². The number of ketones is 1. The topological polar surface area (TPSA) is 46.6 Å². The van der Waals surface area contributed by atoms with Gasteiger partial charge in [-0.1, -0.05) is 47.5 Å². The minimum atomic E-state index is -0.400. The molecular formula is C26H29NO3. The fourth-order valence-corrected chi connectivity index (χ4v) is 3.73. The first-order valence-corrected chi connectivity index (χ1v) is 10.3. The average Bonchev–Trinajstić information content (AvgIpc) is 2.69. The molecule has 3 rings (SSSR count). The molecule has 156 valence electrons. The van der Waals surface area contributed by atoms with Crippen molar-refractivity contribution in [2.45, 2.75) is 34.6 Å². The van der Waals surface area contributed by atoms with Gasteiger partial charge in [0, 0.05) is 11.1 Å². The number of hydrogen-bond donors (Lipinski definition) is 0. The van der Waals surface area contributed by atoms with E-state index >= 15 is 0 Å². The Morgan fingerprint density at radius 3 is 1.77 bits per heavy atom. The van der Waals surface area contributed by atoms with E-state index in [1.807, 2.05) is 64.1 Å². The number of Topliss-reactive ketones (excluding diaryl/α,β-unsaturated/α-hetero) is 1. The minimum Gasteiger partial charge on any atom is -0.450 e. The van der Waals surface area contributed by atoms with E-state index in [1.54, 1.807) is 11.8 Å². The van der Waals surface area contributed by atoms with Gasteiger partial charge in [-0.3, -0.25) is 9.69 Å². The van der Waals surface area contributed by atoms with Crippen LogP contribution in [0.2, 0.25) is 0 Å². The summed E-state index contributed by atoms with van der Waals surface area (Å²) < 4.78 is 5.21. The van der Waals surface area contributed by atoms with Gasteiger partial charge in [0.25, 0.3) is 0 Å². The molecule has 0 atom stereocenters. The number of benzene rings is 2. The highest BCUT2D eigenvalue weighted by Gasteiger charge is 2.30. The summed E-state index contributed by atoms with van der Waals surface area (Å²) in [5.74, 6) is -0.0181. The van der Waals surface area contributed by atoms with Crippen LogP contribution in [0.5, 0.6) is 0 Å². The van der Waals surface area contributed by atoms with Crippen LogP contribution in [0.3, 0.4) is 0 Å². The highest BCUT2D eigenvalue weighted by molar-refractivity contribution is 6.15. The van der Waals surface area contributed by atoms with Crippen LogP contribution in [-0.2, 0) is 9.53 Å². The first kappa shape index (κ1) is 21.6. The van der Waals surface area contributed by atoms with Crippen molar-refractivity contribution < 1.29 is 14.3 Å². The molecule has 0 saturated carbocycles. The molecule has 1 fully saturated rings. The normalized spacial score (nSPS) is 17.0. The standard InChI is InChI=1S/C26H29NO3/c1-6-30-26(29)27-15-23(13-21-9-7-17(2)11-19(21)4)25(28)24(16-27)14-22-10-8-18(3)12-20(22)5/h7-14H,6,15-16H2,1-5H3/b23-13+,24-14+. The average molecular weight is 404 g/mol. The maximum absolute atomic E-state index is 13.3. The summed E-state index contributed by atoms with van der Waals surface area (Å²) >= 11 is 0. The summed E-state index contributed by atoms with van der Waals surface area (Å²) in [7, 11) is 0. The van der Waals surface area contributed by atoms with Crippen LogP contribution >= 0.6 is 0 Å². The third-order valence-corrected chi connectivity index (χ3v) is 5.34. The highest BCUT2D eigenvalue weighted by atomic mass is 16.6. The molecule has 0 spiro atoms. The van der Waals surface area contributed by atoms with Crippen LogP contribution in [0.4, 0.5) is 4.79 Å². The van der Waals surface area contributed by atoms with Gasteiger partial charge >= 0.3 is 6.09 Å². The first-order valence-electron chi connectivity index (χ1n) is 10.3. The predicted molar refractivity (Wildman–Crippen MR) is 121 cm³/mol. The van der Waals surface area contributed by atoms with Gasteiger partial charge in [0.05, 0.1) is 19.7 Å². The third-order valence-electron chi connectivity index (χ3n) is 5.34.